The summed E-state index contributed by atoms with van der Waals surface area (Å²) in [6.45, 7) is 2.81. The molecule has 6 nitrogen and oxygen atoms in total. The van der Waals surface area contributed by atoms with Crippen LogP contribution in [0.15, 0.2) is 6.33 Å². The zero-order valence-corrected chi connectivity index (χ0v) is 11.4. The molecular formula is C13H21N5O. The van der Waals surface area contributed by atoms with E-state index in [1.165, 1.54) is 0 Å². The first kappa shape index (κ1) is 12.6. The van der Waals surface area contributed by atoms with Gasteiger partial charge in [-0.2, -0.15) is 5.10 Å². The molecule has 2 heterocycles. The van der Waals surface area contributed by atoms with Gasteiger partial charge in [-0.15, -0.1) is 0 Å². The summed E-state index contributed by atoms with van der Waals surface area (Å²) in [4.78, 5) is 18.4. The molecule has 1 aromatic heterocycles. The summed E-state index contributed by atoms with van der Waals surface area (Å²) < 4.78 is 1.81. The van der Waals surface area contributed by atoms with Gasteiger partial charge in [-0.1, -0.05) is 0 Å². The minimum absolute atomic E-state index is 0.255. The van der Waals surface area contributed by atoms with Crippen molar-refractivity contribution in [3.63, 3.8) is 0 Å². The third kappa shape index (κ3) is 3.12. The van der Waals surface area contributed by atoms with Gasteiger partial charge in [-0.3, -0.25) is 14.4 Å². The lowest BCUT2D eigenvalue weighted by molar-refractivity contribution is -0.123. The van der Waals surface area contributed by atoms with Crippen molar-refractivity contribution in [2.45, 2.75) is 38.3 Å². The first-order chi connectivity index (χ1) is 9.22. The normalized spacial score (nSPS) is 24.4. The molecular weight excluding hydrogens is 242 g/mol. The van der Waals surface area contributed by atoms with Gasteiger partial charge in [0.15, 0.2) is 0 Å². The predicted octanol–water partition coefficient (Wildman–Crippen LogP) is 0.306. The number of aromatic nitrogens is 3. The van der Waals surface area contributed by atoms with Crippen LogP contribution in [0, 0.1) is 5.92 Å². The highest BCUT2D eigenvalue weighted by Gasteiger charge is 2.32. The zero-order chi connectivity index (χ0) is 13.2. The Kier molecular flexibility index (Phi) is 3.50. The molecule has 0 bridgehead atoms. The molecule has 1 aliphatic heterocycles. The van der Waals surface area contributed by atoms with Crippen molar-refractivity contribution in [3.05, 3.63) is 12.2 Å². The first-order valence-corrected chi connectivity index (χ1v) is 7.08. The van der Waals surface area contributed by atoms with Crippen LogP contribution >= 0.6 is 0 Å². The number of likely N-dealkylation sites (tertiary alicyclic amines) is 1. The molecule has 1 aromatic rings. The minimum atomic E-state index is 0.255. The van der Waals surface area contributed by atoms with E-state index in [0.717, 1.165) is 51.1 Å². The summed E-state index contributed by atoms with van der Waals surface area (Å²) in [6, 6.07) is 0.301. The Morgan fingerprint density at radius 3 is 3.00 bits per heavy atom. The topological polar surface area (TPSA) is 63.1 Å². The number of piperidine rings is 1. The Morgan fingerprint density at radius 2 is 2.32 bits per heavy atom. The van der Waals surface area contributed by atoms with E-state index < -0.39 is 0 Å². The van der Waals surface area contributed by atoms with Gasteiger partial charge in [0.25, 0.3) is 0 Å². The lowest BCUT2D eigenvalue weighted by Gasteiger charge is -2.32. The molecule has 104 valence electrons. The SMILES string of the molecule is Cn1ncnc1CN1CCCC(NC(=O)C2CC2)C1. The number of rotatable bonds is 4. The zero-order valence-electron chi connectivity index (χ0n) is 11.4. The van der Waals surface area contributed by atoms with Crippen molar-refractivity contribution in [2.24, 2.45) is 13.0 Å². The van der Waals surface area contributed by atoms with Crippen molar-refractivity contribution < 1.29 is 4.79 Å². The fourth-order valence-corrected chi connectivity index (χ4v) is 2.64. The van der Waals surface area contributed by atoms with Crippen LogP contribution in [0.3, 0.4) is 0 Å². The van der Waals surface area contributed by atoms with Gasteiger partial charge in [0, 0.05) is 25.6 Å². The Morgan fingerprint density at radius 1 is 1.47 bits per heavy atom. The van der Waals surface area contributed by atoms with Gasteiger partial charge in [0.1, 0.15) is 12.2 Å². The second-order valence-corrected chi connectivity index (χ2v) is 5.66. The van der Waals surface area contributed by atoms with Crippen LogP contribution in [0.1, 0.15) is 31.5 Å². The quantitative estimate of drug-likeness (QED) is 0.849. The maximum Gasteiger partial charge on any atom is 0.223 e. The molecule has 1 unspecified atom stereocenters. The van der Waals surface area contributed by atoms with Crippen LogP contribution in [0.5, 0.6) is 0 Å². The van der Waals surface area contributed by atoms with E-state index in [0.29, 0.717) is 12.0 Å². The summed E-state index contributed by atoms with van der Waals surface area (Å²) in [7, 11) is 1.92. The van der Waals surface area contributed by atoms with Gasteiger partial charge in [-0.05, 0) is 32.2 Å². The predicted molar refractivity (Wildman–Crippen MR) is 70.2 cm³/mol. The van der Waals surface area contributed by atoms with Crippen molar-refractivity contribution in [1.29, 1.82) is 0 Å². The Hall–Kier alpha value is -1.43. The molecule has 1 atom stereocenters. The van der Waals surface area contributed by atoms with Crippen molar-refractivity contribution in [1.82, 2.24) is 25.0 Å². The number of amides is 1. The average Bonchev–Trinajstić information content (AvgIpc) is 3.16. The number of aryl methyl sites for hydroxylation is 1. The highest BCUT2D eigenvalue weighted by Crippen LogP contribution is 2.29. The largest absolute Gasteiger partial charge is 0.352 e. The maximum atomic E-state index is 11.8. The molecule has 0 spiro atoms. The van der Waals surface area contributed by atoms with Gasteiger partial charge in [0.2, 0.25) is 5.91 Å². The first-order valence-electron chi connectivity index (χ1n) is 7.08. The van der Waals surface area contributed by atoms with Crippen molar-refractivity contribution in [2.75, 3.05) is 13.1 Å². The van der Waals surface area contributed by atoms with Crippen molar-refractivity contribution >= 4 is 5.91 Å². The molecule has 2 fully saturated rings. The molecule has 19 heavy (non-hydrogen) atoms. The summed E-state index contributed by atoms with van der Waals surface area (Å²) in [5, 5.41) is 7.27. The van der Waals surface area contributed by atoms with Crippen LogP contribution in [0.25, 0.3) is 0 Å². The van der Waals surface area contributed by atoms with Gasteiger partial charge >= 0.3 is 0 Å². The second-order valence-electron chi connectivity index (χ2n) is 5.66. The third-order valence-electron chi connectivity index (χ3n) is 3.97. The molecule has 3 rings (SSSR count). The van der Waals surface area contributed by atoms with E-state index in [2.05, 4.69) is 20.3 Å². The molecule has 1 saturated carbocycles. The fourth-order valence-electron chi connectivity index (χ4n) is 2.64. The highest BCUT2D eigenvalue weighted by molar-refractivity contribution is 5.81. The van der Waals surface area contributed by atoms with Crippen LogP contribution < -0.4 is 5.32 Å². The number of carbonyl (C=O) groups excluding carboxylic acids is 1. The fraction of sp³-hybridized carbons (Fsp3) is 0.769. The second kappa shape index (κ2) is 5.28. The van der Waals surface area contributed by atoms with Gasteiger partial charge < -0.3 is 5.32 Å². The molecule has 1 aliphatic carbocycles. The van der Waals surface area contributed by atoms with E-state index >= 15 is 0 Å². The third-order valence-corrected chi connectivity index (χ3v) is 3.97. The van der Waals surface area contributed by atoms with Crippen molar-refractivity contribution in [3.8, 4) is 0 Å². The van der Waals surface area contributed by atoms with Crippen LogP contribution in [0.2, 0.25) is 0 Å². The standard InChI is InChI=1S/C13H21N5O/c1-17-12(14-9-15-17)8-18-6-2-3-11(7-18)16-13(19)10-4-5-10/h9-11H,2-8H2,1H3,(H,16,19). The van der Waals surface area contributed by atoms with Crippen LogP contribution in [0.4, 0.5) is 0 Å². The monoisotopic (exact) mass is 263 g/mol. The molecule has 6 heteroatoms. The lowest BCUT2D eigenvalue weighted by atomic mass is 10.1. The number of hydrogen-bond acceptors (Lipinski definition) is 4. The Labute approximate surface area is 113 Å². The minimum Gasteiger partial charge on any atom is -0.352 e. The molecule has 1 N–H and O–H groups in total. The molecule has 0 aromatic carbocycles. The number of nitrogens with one attached hydrogen (secondary N) is 1. The summed E-state index contributed by atoms with van der Waals surface area (Å²) in [5.41, 5.74) is 0. The summed E-state index contributed by atoms with van der Waals surface area (Å²) in [6.07, 6.45) is 5.95. The summed E-state index contributed by atoms with van der Waals surface area (Å²) >= 11 is 0. The van der Waals surface area contributed by atoms with Gasteiger partial charge in [-0.25, -0.2) is 4.98 Å². The van der Waals surface area contributed by atoms with Gasteiger partial charge in [0.05, 0.1) is 6.54 Å². The van der Waals surface area contributed by atoms with E-state index in [-0.39, 0.29) is 5.91 Å². The maximum absolute atomic E-state index is 11.8. The van der Waals surface area contributed by atoms with E-state index in [1.807, 2.05) is 11.7 Å². The average molecular weight is 263 g/mol. The van der Waals surface area contributed by atoms with Crippen LogP contribution in [-0.4, -0.2) is 44.7 Å². The number of carbonyl (C=O) groups is 1. The number of nitrogens with zero attached hydrogens (tertiary/aromatic N) is 4. The van der Waals surface area contributed by atoms with E-state index in [1.54, 1.807) is 6.33 Å². The molecule has 2 aliphatic rings. The van der Waals surface area contributed by atoms with Crippen LogP contribution in [-0.2, 0) is 18.4 Å². The Bertz CT molecular complexity index is 454. The molecule has 1 saturated heterocycles. The molecule has 0 radical (unpaired) electrons. The number of hydrogen-bond donors (Lipinski definition) is 1. The highest BCUT2D eigenvalue weighted by atomic mass is 16.2. The Balaban J connectivity index is 1.52. The van der Waals surface area contributed by atoms with E-state index in [9.17, 15) is 4.79 Å². The summed E-state index contributed by atoms with van der Waals surface area (Å²) in [5.74, 6) is 1.54. The lowest BCUT2D eigenvalue weighted by Crippen LogP contribution is -2.48. The smallest absolute Gasteiger partial charge is 0.223 e. The molecule has 1 amide bonds. The van der Waals surface area contributed by atoms with E-state index in [4.69, 9.17) is 0 Å².